The Balaban J connectivity index is 1.73. The highest BCUT2D eigenvalue weighted by atomic mass is 35.5. The Morgan fingerprint density at radius 3 is 2.37 bits per heavy atom. The van der Waals surface area contributed by atoms with Gasteiger partial charge in [0.05, 0.1) is 22.7 Å². The molecule has 27 heavy (non-hydrogen) atoms. The van der Waals surface area contributed by atoms with Crippen molar-refractivity contribution in [2.45, 2.75) is 31.1 Å². The van der Waals surface area contributed by atoms with Crippen LogP contribution >= 0.6 is 11.6 Å². The number of para-hydroxylation sites is 1. The fraction of sp³-hybridized carbons (Fsp3) is 0.333. The van der Waals surface area contributed by atoms with Gasteiger partial charge in [0.25, 0.3) is 0 Å². The monoisotopic (exact) mass is 388 g/mol. The van der Waals surface area contributed by atoms with Gasteiger partial charge in [-0.3, -0.25) is 9.59 Å². The molecule has 0 aromatic heterocycles. The summed E-state index contributed by atoms with van der Waals surface area (Å²) >= 11 is 6.06. The fourth-order valence-electron chi connectivity index (χ4n) is 3.78. The molecule has 1 fully saturated rings. The van der Waals surface area contributed by atoms with Crippen molar-refractivity contribution in [3.05, 3.63) is 64.9 Å². The molecule has 1 aliphatic carbocycles. The van der Waals surface area contributed by atoms with Gasteiger partial charge in [0.15, 0.2) is 0 Å². The maximum absolute atomic E-state index is 13.3. The molecule has 3 rings (SSSR count). The maximum Gasteiger partial charge on any atom is 0.244 e. The lowest BCUT2D eigenvalue weighted by atomic mass is 9.77. The first kappa shape index (κ1) is 19.4. The average Bonchev–Trinajstić information content (AvgIpc) is 3.14. The average molecular weight is 389 g/mol. The van der Waals surface area contributed by atoms with Gasteiger partial charge in [-0.05, 0) is 42.7 Å². The molecule has 6 heteroatoms. The van der Waals surface area contributed by atoms with Crippen molar-refractivity contribution in [1.29, 1.82) is 0 Å². The van der Waals surface area contributed by atoms with Crippen LogP contribution in [0.4, 0.5) is 10.1 Å². The van der Waals surface area contributed by atoms with Gasteiger partial charge in [0, 0.05) is 7.05 Å². The number of anilines is 1. The van der Waals surface area contributed by atoms with Crippen molar-refractivity contribution >= 4 is 29.1 Å². The molecule has 0 radical (unpaired) electrons. The summed E-state index contributed by atoms with van der Waals surface area (Å²) in [5.41, 5.74) is 0.636. The lowest BCUT2D eigenvalue weighted by Crippen LogP contribution is -2.46. The highest BCUT2D eigenvalue weighted by Gasteiger charge is 2.44. The molecule has 0 atom stereocenters. The van der Waals surface area contributed by atoms with Crippen LogP contribution in [0.3, 0.4) is 0 Å². The van der Waals surface area contributed by atoms with Gasteiger partial charge in [-0.1, -0.05) is 48.7 Å². The van der Waals surface area contributed by atoms with Crippen LogP contribution in [-0.4, -0.2) is 30.3 Å². The third-order valence-electron chi connectivity index (χ3n) is 5.14. The molecule has 1 aliphatic rings. The van der Waals surface area contributed by atoms with Gasteiger partial charge in [-0.15, -0.1) is 0 Å². The van der Waals surface area contributed by atoms with E-state index in [4.69, 9.17) is 11.6 Å². The second-order valence-corrected chi connectivity index (χ2v) is 7.39. The second-order valence-electron chi connectivity index (χ2n) is 6.99. The van der Waals surface area contributed by atoms with Gasteiger partial charge >= 0.3 is 0 Å². The van der Waals surface area contributed by atoms with E-state index in [0.717, 1.165) is 18.4 Å². The fourth-order valence-corrected chi connectivity index (χ4v) is 3.96. The predicted octanol–water partition coefficient (Wildman–Crippen LogP) is 4.39. The third kappa shape index (κ3) is 4.14. The van der Waals surface area contributed by atoms with Crippen molar-refractivity contribution in [3.63, 3.8) is 0 Å². The molecule has 2 aromatic carbocycles. The van der Waals surface area contributed by atoms with Crippen molar-refractivity contribution in [2.75, 3.05) is 18.9 Å². The third-order valence-corrected chi connectivity index (χ3v) is 5.47. The summed E-state index contributed by atoms with van der Waals surface area (Å²) in [7, 11) is 1.62. The molecule has 2 amide bonds. The Morgan fingerprint density at radius 1 is 1.11 bits per heavy atom. The molecule has 0 aliphatic heterocycles. The SMILES string of the molecule is CN(CC(=O)Nc1ccccc1Cl)C(=O)C1(c2ccc(F)cc2)CCCC1. The van der Waals surface area contributed by atoms with E-state index in [9.17, 15) is 14.0 Å². The number of rotatable bonds is 5. The second kappa shape index (κ2) is 8.09. The quantitative estimate of drug-likeness (QED) is 0.825. The van der Waals surface area contributed by atoms with E-state index in [2.05, 4.69) is 5.32 Å². The summed E-state index contributed by atoms with van der Waals surface area (Å²) in [6, 6.07) is 13.1. The first-order valence-electron chi connectivity index (χ1n) is 8.98. The zero-order chi connectivity index (χ0) is 19.4. The molecular weight excluding hydrogens is 367 g/mol. The minimum absolute atomic E-state index is 0.0764. The Hall–Kier alpha value is -2.40. The number of hydrogen-bond acceptors (Lipinski definition) is 2. The van der Waals surface area contributed by atoms with Gasteiger partial charge in [0.1, 0.15) is 5.82 Å². The number of benzene rings is 2. The van der Waals surface area contributed by atoms with Crippen molar-refractivity contribution in [2.24, 2.45) is 0 Å². The zero-order valence-corrected chi connectivity index (χ0v) is 15.9. The molecule has 0 spiro atoms. The van der Waals surface area contributed by atoms with Gasteiger partial charge in [-0.25, -0.2) is 4.39 Å². The lowest BCUT2D eigenvalue weighted by molar-refractivity contribution is -0.138. The molecule has 0 unspecified atom stereocenters. The van der Waals surface area contributed by atoms with Crippen LogP contribution in [0.15, 0.2) is 48.5 Å². The Kier molecular flexibility index (Phi) is 5.80. The van der Waals surface area contributed by atoms with Crippen LogP contribution in [0, 0.1) is 5.82 Å². The van der Waals surface area contributed by atoms with E-state index >= 15 is 0 Å². The molecular formula is C21H22ClFN2O2. The van der Waals surface area contributed by atoms with E-state index in [-0.39, 0.29) is 24.2 Å². The molecule has 0 bridgehead atoms. The standard InChI is InChI=1S/C21H22ClFN2O2/c1-25(14-19(26)24-18-7-3-2-6-17(18)22)20(27)21(12-4-5-13-21)15-8-10-16(23)11-9-15/h2-3,6-11H,4-5,12-14H2,1H3,(H,24,26). The molecule has 0 saturated heterocycles. The Labute approximate surface area is 163 Å². The largest absolute Gasteiger partial charge is 0.336 e. The van der Waals surface area contributed by atoms with Crippen molar-refractivity contribution < 1.29 is 14.0 Å². The minimum atomic E-state index is -0.687. The van der Waals surface area contributed by atoms with Gasteiger partial charge < -0.3 is 10.2 Å². The first-order valence-corrected chi connectivity index (χ1v) is 9.36. The van der Waals surface area contributed by atoms with E-state index < -0.39 is 5.41 Å². The number of carbonyl (C=O) groups is 2. The summed E-state index contributed by atoms with van der Waals surface area (Å²) in [5, 5.41) is 3.17. The number of nitrogens with zero attached hydrogens (tertiary/aromatic N) is 1. The number of carbonyl (C=O) groups excluding carboxylic acids is 2. The van der Waals surface area contributed by atoms with E-state index in [1.807, 2.05) is 0 Å². The number of amides is 2. The molecule has 4 nitrogen and oxygen atoms in total. The van der Waals surface area contributed by atoms with Gasteiger partial charge in [-0.2, -0.15) is 0 Å². The summed E-state index contributed by atoms with van der Waals surface area (Å²) in [4.78, 5) is 27.0. The van der Waals surface area contributed by atoms with Crippen LogP contribution in [0.1, 0.15) is 31.2 Å². The predicted molar refractivity (Wildman–Crippen MR) is 104 cm³/mol. The normalized spacial score (nSPS) is 15.4. The lowest BCUT2D eigenvalue weighted by Gasteiger charge is -2.32. The number of likely N-dealkylation sites (N-methyl/N-ethyl adjacent to an activating group) is 1. The van der Waals surface area contributed by atoms with E-state index in [1.165, 1.54) is 17.0 Å². The van der Waals surface area contributed by atoms with E-state index in [0.29, 0.717) is 23.6 Å². The minimum Gasteiger partial charge on any atom is -0.336 e. The van der Waals surface area contributed by atoms with E-state index in [1.54, 1.807) is 43.4 Å². The molecule has 1 saturated carbocycles. The summed E-state index contributed by atoms with van der Waals surface area (Å²) in [5.74, 6) is -0.751. The summed E-state index contributed by atoms with van der Waals surface area (Å²) in [6.07, 6.45) is 3.27. The van der Waals surface area contributed by atoms with Crippen LogP contribution in [0.2, 0.25) is 5.02 Å². The number of hydrogen-bond donors (Lipinski definition) is 1. The summed E-state index contributed by atoms with van der Waals surface area (Å²) in [6.45, 7) is -0.0764. The van der Waals surface area contributed by atoms with Crippen LogP contribution in [0.25, 0.3) is 0 Å². The van der Waals surface area contributed by atoms with Crippen molar-refractivity contribution in [3.8, 4) is 0 Å². The van der Waals surface area contributed by atoms with Crippen LogP contribution in [0.5, 0.6) is 0 Å². The van der Waals surface area contributed by atoms with Crippen LogP contribution < -0.4 is 5.32 Å². The first-order chi connectivity index (χ1) is 12.9. The molecule has 1 N–H and O–H groups in total. The van der Waals surface area contributed by atoms with Crippen molar-refractivity contribution in [1.82, 2.24) is 4.90 Å². The smallest absolute Gasteiger partial charge is 0.244 e. The maximum atomic E-state index is 13.3. The topological polar surface area (TPSA) is 49.4 Å². The number of halogens is 2. The highest BCUT2D eigenvalue weighted by Crippen LogP contribution is 2.42. The molecule has 2 aromatic rings. The number of nitrogens with one attached hydrogen (secondary N) is 1. The Bertz CT molecular complexity index is 832. The highest BCUT2D eigenvalue weighted by molar-refractivity contribution is 6.33. The Morgan fingerprint density at radius 2 is 1.74 bits per heavy atom. The van der Waals surface area contributed by atoms with Crippen LogP contribution in [-0.2, 0) is 15.0 Å². The summed E-state index contributed by atoms with van der Waals surface area (Å²) < 4.78 is 13.3. The molecule has 142 valence electrons. The molecule has 0 heterocycles. The van der Waals surface area contributed by atoms with Gasteiger partial charge in [0.2, 0.25) is 11.8 Å². The zero-order valence-electron chi connectivity index (χ0n) is 15.2.